The van der Waals surface area contributed by atoms with Crippen molar-refractivity contribution in [2.75, 3.05) is 18.9 Å². The van der Waals surface area contributed by atoms with Crippen LogP contribution in [0.15, 0.2) is 17.0 Å². The predicted octanol–water partition coefficient (Wildman–Crippen LogP) is 3.36. The lowest BCUT2D eigenvalue weighted by molar-refractivity contribution is -0.139. The third-order valence-electron chi connectivity index (χ3n) is 2.35. The molecule has 0 radical (unpaired) electrons. The van der Waals surface area contributed by atoms with Gasteiger partial charge in [-0.1, -0.05) is 6.58 Å². The second-order valence-electron chi connectivity index (χ2n) is 4.17. The van der Waals surface area contributed by atoms with Crippen LogP contribution < -0.4 is 5.73 Å². The van der Waals surface area contributed by atoms with Crippen molar-refractivity contribution >= 4 is 23.7 Å². The van der Waals surface area contributed by atoms with Crippen LogP contribution in [0.3, 0.4) is 0 Å². The predicted molar refractivity (Wildman–Crippen MR) is 72.9 cm³/mol. The normalized spacial score (nSPS) is 10.6. The van der Waals surface area contributed by atoms with Crippen LogP contribution in [0, 0.1) is 23.3 Å². The number of ether oxygens (including phenoxy) is 1. The highest BCUT2D eigenvalue weighted by atomic mass is 32.2. The first kappa shape index (κ1) is 18.3. The van der Waals surface area contributed by atoms with Gasteiger partial charge in [0, 0.05) is 24.0 Å². The molecule has 2 N–H and O–H groups in total. The van der Waals surface area contributed by atoms with E-state index in [-0.39, 0.29) is 37.3 Å². The van der Waals surface area contributed by atoms with Crippen molar-refractivity contribution in [2.45, 2.75) is 18.2 Å². The topological polar surface area (TPSA) is 61.5 Å². The SMILES string of the molecule is C=C(C)C(=O)OCCCOSc1c(F)c(F)c(N)c(F)c1F. The maximum absolute atomic E-state index is 13.4. The molecule has 0 amide bonds. The molecule has 0 saturated heterocycles. The fourth-order valence-electron chi connectivity index (χ4n) is 1.21. The zero-order valence-corrected chi connectivity index (χ0v) is 12.4. The van der Waals surface area contributed by atoms with Gasteiger partial charge < -0.3 is 14.7 Å². The molecule has 0 aliphatic carbocycles. The zero-order chi connectivity index (χ0) is 16.9. The van der Waals surface area contributed by atoms with Crippen LogP contribution in [-0.2, 0) is 13.7 Å². The lowest BCUT2D eigenvalue weighted by Gasteiger charge is -2.09. The summed E-state index contributed by atoms with van der Waals surface area (Å²) >= 11 is 0.132. The monoisotopic (exact) mass is 339 g/mol. The Hall–Kier alpha value is -1.74. The van der Waals surface area contributed by atoms with Crippen LogP contribution >= 0.6 is 12.0 Å². The molecule has 0 aromatic heterocycles. The van der Waals surface area contributed by atoms with Crippen molar-refractivity contribution in [3.8, 4) is 0 Å². The van der Waals surface area contributed by atoms with Gasteiger partial charge in [0.15, 0.2) is 23.3 Å². The number of anilines is 1. The molecule has 1 aromatic carbocycles. The van der Waals surface area contributed by atoms with Crippen LogP contribution in [-0.4, -0.2) is 19.2 Å². The highest BCUT2D eigenvalue weighted by molar-refractivity contribution is 7.94. The number of hydrogen-bond donors (Lipinski definition) is 1. The van der Waals surface area contributed by atoms with Crippen LogP contribution in [0.1, 0.15) is 13.3 Å². The van der Waals surface area contributed by atoms with Gasteiger partial charge in [0.2, 0.25) is 0 Å². The van der Waals surface area contributed by atoms with Gasteiger partial charge in [-0.25, -0.2) is 22.4 Å². The Labute approximate surface area is 128 Å². The molecule has 0 heterocycles. The second-order valence-corrected chi connectivity index (χ2v) is 4.98. The molecule has 0 aliphatic rings. The Morgan fingerprint density at radius 1 is 1.14 bits per heavy atom. The largest absolute Gasteiger partial charge is 0.462 e. The average molecular weight is 339 g/mol. The maximum atomic E-state index is 13.4. The lowest BCUT2D eigenvalue weighted by Crippen LogP contribution is -2.08. The van der Waals surface area contributed by atoms with E-state index in [4.69, 9.17) is 14.7 Å². The first-order chi connectivity index (χ1) is 10.3. The van der Waals surface area contributed by atoms with Crippen LogP contribution in [0.4, 0.5) is 23.2 Å². The first-order valence-corrected chi connectivity index (χ1v) is 6.75. The zero-order valence-electron chi connectivity index (χ0n) is 11.6. The van der Waals surface area contributed by atoms with Gasteiger partial charge >= 0.3 is 5.97 Å². The van der Waals surface area contributed by atoms with E-state index < -0.39 is 39.8 Å². The van der Waals surface area contributed by atoms with Crippen LogP contribution in [0.25, 0.3) is 0 Å². The minimum Gasteiger partial charge on any atom is -0.462 e. The molecule has 122 valence electrons. The average Bonchev–Trinajstić information content (AvgIpc) is 2.49. The van der Waals surface area contributed by atoms with E-state index in [1.54, 1.807) is 0 Å². The molecule has 22 heavy (non-hydrogen) atoms. The van der Waals surface area contributed by atoms with Gasteiger partial charge in [-0.05, 0) is 6.92 Å². The van der Waals surface area contributed by atoms with E-state index in [1.807, 2.05) is 0 Å². The summed E-state index contributed by atoms with van der Waals surface area (Å²) in [6.45, 7) is 4.79. The lowest BCUT2D eigenvalue weighted by atomic mass is 10.2. The number of nitrogen functional groups attached to an aromatic ring is 1. The summed E-state index contributed by atoms with van der Waals surface area (Å²) in [4.78, 5) is 10.1. The van der Waals surface area contributed by atoms with Gasteiger partial charge in [0.05, 0.1) is 13.2 Å². The van der Waals surface area contributed by atoms with Crippen molar-refractivity contribution in [2.24, 2.45) is 0 Å². The molecule has 9 heteroatoms. The van der Waals surface area contributed by atoms with E-state index in [9.17, 15) is 22.4 Å². The number of halogens is 4. The minimum atomic E-state index is -1.68. The van der Waals surface area contributed by atoms with Crippen molar-refractivity contribution in [3.05, 3.63) is 35.4 Å². The molecule has 0 aliphatic heterocycles. The molecule has 0 spiro atoms. The Morgan fingerprint density at radius 3 is 2.18 bits per heavy atom. The van der Waals surface area contributed by atoms with Crippen LogP contribution in [0.5, 0.6) is 0 Å². The maximum Gasteiger partial charge on any atom is 0.333 e. The van der Waals surface area contributed by atoms with Crippen LogP contribution in [0.2, 0.25) is 0 Å². The van der Waals surface area contributed by atoms with Gasteiger partial charge in [-0.3, -0.25) is 0 Å². The summed E-state index contributed by atoms with van der Waals surface area (Å²) in [5.41, 5.74) is 3.86. The summed E-state index contributed by atoms with van der Waals surface area (Å²) in [7, 11) is 0. The van der Waals surface area contributed by atoms with Gasteiger partial charge in [0.25, 0.3) is 0 Å². The highest BCUT2D eigenvalue weighted by Crippen LogP contribution is 2.33. The number of rotatable bonds is 7. The fraction of sp³-hybridized carbons (Fsp3) is 0.308. The smallest absolute Gasteiger partial charge is 0.333 e. The summed E-state index contributed by atoms with van der Waals surface area (Å²) in [6, 6.07) is 0. The van der Waals surface area contributed by atoms with Gasteiger partial charge in [-0.2, -0.15) is 0 Å². The Morgan fingerprint density at radius 2 is 1.68 bits per heavy atom. The number of carbonyl (C=O) groups excluding carboxylic acids is 1. The molecule has 1 aromatic rings. The molecule has 0 atom stereocenters. The summed E-state index contributed by atoms with van der Waals surface area (Å²) < 4.78 is 62.8. The fourth-order valence-corrected chi connectivity index (χ4v) is 1.85. The number of hydrogen-bond acceptors (Lipinski definition) is 5. The summed E-state index contributed by atoms with van der Waals surface area (Å²) in [5.74, 6) is -7.20. The Bertz CT molecular complexity index is 566. The molecule has 0 saturated carbocycles. The second kappa shape index (κ2) is 8.04. The molecule has 0 bridgehead atoms. The number of esters is 1. The highest BCUT2D eigenvalue weighted by Gasteiger charge is 2.24. The standard InChI is InChI=1S/C13H13F4NO3S/c1-6(2)13(19)20-4-3-5-21-22-12-9(16)7(14)11(18)8(15)10(12)17/h1,3-5,18H2,2H3. The molecule has 0 fully saturated rings. The van der Waals surface area contributed by atoms with E-state index >= 15 is 0 Å². The van der Waals surface area contributed by atoms with Gasteiger partial charge in [-0.15, -0.1) is 0 Å². The quantitative estimate of drug-likeness (QED) is 0.157. The molecule has 1 rings (SSSR count). The van der Waals surface area contributed by atoms with Crippen molar-refractivity contribution in [1.29, 1.82) is 0 Å². The first-order valence-electron chi connectivity index (χ1n) is 6.00. The van der Waals surface area contributed by atoms with E-state index in [0.717, 1.165) is 0 Å². The molecule has 0 unspecified atom stereocenters. The Balaban J connectivity index is 2.50. The third-order valence-corrected chi connectivity index (χ3v) is 3.16. The third kappa shape index (κ3) is 4.38. The minimum absolute atomic E-state index is 0.00166. The van der Waals surface area contributed by atoms with E-state index in [0.29, 0.717) is 0 Å². The number of benzene rings is 1. The molecule has 4 nitrogen and oxygen atoms in total. The van der Waals surface area contributed by atoms with Gasteiger partial charge in [0.1, 0.15) is 10.6 Å². The van der Waals surface area contributed by atoms with Crippen molar-refractivity contribution < 1.29 is 31.3 Å². The van der Waals surface area contributed by atoms with E-state index in [2.05, 4.69) is 6.58 Å². The summed E-state index contributed by atoms with van der Waals surface area (Å²) in [5, 5.41) is 0. The van der Waals surface area contributed by atoms with Crippen molar-refractivity contribution in [1.82, 2.24) is 0 Å². The van der Waals surface area contributed by atoms with Crippen molar-refractivity contribution in [3.63, 3.8) is 0 Å². The number of nitrogens with two attached hydrogens (primary N) is 1. The van der Waals surface area contributed by atoms with E-state index in [1.165, 1.54) is 6.92 Å². The number of carbonyl (C=O) groups is 1. The molecular weight excluding hydrogens is 326 g/mol. The molecular formula is C13H13F4NO3S. The Kier molecular flexibility index (Phi) is 6.69. The summed E-state index contributed by atoms with van der Waals surface area (Å²) in [6.07, 6.45) is 0.217.